The Kier molecular flexibility index (Phi) is 6.84. The SMILES string of the molecule is O=C(N/N=C\c1ccc(OCc2cccc3ccccc23)c(Br)c1)c1cc([N+](=O)[O-])ccc1O. The van der Waals surface area contributed by atoms with E-state index in [1.54, 1.807) is 18.2 Å². The van der Waals surface area contributed by atoms with E-state index >= 15 is 0 Å². The van der Waals surface area contributed by atoms with Gasteiger partial charge in [0.05, 0.1) is 21.2 Å². The number of aromatic hydroxyl groups is 1. The van der Waals surface area contributed by atoms with E-state index in [2.05, 4.69) is 44.7 Å². The van der Waals surface area contributed by atoms with Crippen molar-refractivity contribution in [2.24, 2.45) is 5.10 Å². The van der Waals surface area contributed by atoms with Crippen LogP contribution in [0.2, 0.25) is 0 Å². The highest BCUT2D eigenvalue weighted by molar-refractivity contribution is 9.10. The lowest BCUT2D eigenvalue weighted by Gasteiger charge is -2.11. The molecular formula is C25H18BrN3O5. The molecule has 1 amide bonds. The van der Waals surface area contributed by atoms with E-state index in [1.165, 1.54) is 6.21 Å². The fourth-order valence-electron chi connectivity index (χ4n) is 3.33. The van der Waals surface area contributed by atoms with Crippen LogP contribution in [-0.2, 0) is 6.61 Å². The number of non-ortho nitro benzene ring substituents is 1. The van der Waals surface area contributed by atoms with Gasteiger partial charge in [0.1, 0.15) is 18.1 Å². The number of benzene rings is 4. The van der Waals surface area contributed by atoms with Gasteiger partial charge in [0.25, 0.3) is 11.6 Å². The number of rotatable bonds is 7. The minimum Gasteiger partial charge on any atom is -0.507 e. The highest BCUT2D eigenvalue weighted by Gasteiger charge is 2.16. The molecule has 34 heavy (non-hydrogen) atoms. The molecule has 0 heterocycles. The van der Waals surface area contributed by atoms with Gasteiger partial charge in [0, 0.05) is 12.1 Å². The van der Waals surface area contributed by atoms with Crippen LogP contribution in [-0.4, -0.2) is 22.2 Å². The van der Waals surface area contributed by atoms with Gasteiger partial charge in [-0.25, -0.2) is 5.43 Å². The third-order valence-electron chi connectivity index (χ3n) is 5.03. The number of hydrogen-bond donors (Lipinski definition) is 2. The van der Waals surface area contributed by atoms with Crippen LogP contribution in [0.25, 0.3) is 10.8 Å². The number of ether oxygens (including phenoxy) is 1. The molecule has 0 saturated heterocycles. The summed E-state index contributed by atoms with van der Waals surface area (Å²) in [5.41, 5.74) is 3.44. The van der Waals surface area contributed by atoms with Crippen molar-refractivity contribution in [3.63, 3.8) is 0 Å². The van der Waals surface area contributed by atoms with E-state index in [9.17, 15) is 20.0 Å². The average Bonchev–Trinajstić information content (AvgIpc) is 2.83. The summed E-state index contributed by atoms with van der Waals surface area (Å²) in [5, 5.41) is 26.8. The van der Waals surface area contributed by atoms with Crippen molar-refractivity contribution < 1.29 is 19.6 Å². The van der Waals surface area contributed by atoms with Gasteiger partial charge in [-0.3, -0.25) is 14.9 Å². The Labute approximate surface area is 202 Å². The number of nitrogens with one attached hydrogen (secondary N) is 1. The lowest BCUT2D eigenvalue weighted by atomic mass is 10.1. The third-order valence-corrected chi connectivity index (χ3v) is 5.65. The van der Waals surface area contributed by atoms with Gasteiger partial charge in [-0.1, -0.05) is 42.5 Å². The molecular weight excluding hydrogens is 502 g/mol. The van der Waals surface area contributed by atoms with Crippen LogP contribution in [0.3, 0.4) is 0 Å². The second-order valence-electron chi connectivity index (χ2n) is 7.27. The number of fused-ring (bicyclic) bond motifs is 1. The molecule has 4 aromatic rings. The van der Waals surface area contributed by atoms with Crippen LogP contribution in [0.5, 0.6) is 11.5 Å². The van der Waals surface area contributed by atoms with Crippen molar-refractivity contribution in [1.82, 2.24) is 5.43 Å². The number of nitro groups is 1. The summed E-state index contributed by atoms with van der Waals surface area (Å²) in [7, 11) is 0. The van der Waals surface area contributed by atoms with Crippen LogP contribution in [0.4, 0.5) is 5.69 Å². The first-order valence-corrected chi connectivity index (χ1v) is 10.9. The maximum absolute atomic E-state index is 12.2. The molecule has 0 unspecified atom stereocenters. The molecule has 2 N–H and O–H groups in total. The Morgan fingerprint density at radius 1 is 1.09 bits per heavy atom. The predicted octanol–water partition coefficient (Wildman–Crippen LogP) is 5.56. The zero-order valence-electron chi connectivity index (χ0n) is 17.6. The van der Waals surface area contributed by atoms with Crippen LogP contribution in [0, 0.1) is 10.1 Å². The van der Waals surface area contributed by atoms with Gasteiger partial charge in [-0.2, -0.15) is 5.10 Å². The first-order valence-electron chi connectivity index (χ1n) is 10.1. The third kappa shape index (κ3) is 5.21. The summed E-state index contributed by atoms with van der Waals surface area (Å²) in [6.45, 7) is 0.399. The van der Waals surface area contributed by atoms with Gasteiger partial charge < -0.3 is 9.84 Å². The molecule has 9 heteroatoms. The molecule has 0 radical (unpaired) electrons. The average molecular weight is 520 g/mol. The number of nitrogens with zero attached hydrogens (tertiary/aromatic N) is 2. The number of amides is 1. The van der Waals surface area contributed by atoms with Crippen LogP contribution >= 0.6 is 15.9 Å². The molecule has 4 aromatic carbocycles. The van der Waals surface area contributed by atoms with Crippen molar-refractivity contribution in [2.45, 2.75) is 6.61 Å². The molecule has 8 nitrogen and oxygen atoms in total. The Morgan fingerprint density at radius 3 is 2.68 bits per heavy atom. The van der Waals surface area contributed by atoms with Gasteiger partial charge in [0.2, 0.25) is 0 Å². The Bertz CT molecular complexity index is 1420. The van der Waals surface area contributed by atoms with E-state index in [1.807, 2.05) is 24.3 Å². The molecule has 0 aromatic heterocycles. The van der Waals surface area contributed by atoms with Gasteiger partial charge in [-0.05, 0) is 62.1 Å². The van der Waals surface area contributed by atoms with Gasteiger partial charge >= 0.3 is 0 Å². The summed E-state index contributed by atoms with van der Waals surface area (Å²) in [4.78, 5) is 22.5. The minimum absolute atomic E-state index is 0.246. The lowest BCUT2D eigenvalue weighted by molar-refractivity contribution is -0.384. The Hall–Kier alpha value is -4.24. The molecule has 0 aliphatic rings. The summed E-state index contributed by atoms with van der Waals surface area (Å²) < 4.78 is 6.69. The van der Waals surface area contributed by atoms with Crippen molar-refractivity contribution in [1.29, 1.82) is 0 Å². The predicted molar refractivity (Wildman–Crippen MR) is 132 cm³/mol. The molecule has 0 saturated carbocycles. The first kappa shape index (κ1) is 22.9. The fraction of sp³-hybridized carbons (Fsp3) is 0.0400. The maximum atomic E-state index is 12.2. The van der Waals surface area contributed by atoms with E-state index in [0.717, 1.165) is 34.5 Å². The molecule has 4 rings (SSSR count). The maximum Gasteiger partial charge on any atom is 0.275 e. The summed E-state index contributed by atoms with van der Waals surface area (Å²) in [6.07, 6.45) is 1.41. The summed E-state index contributed by atoms with van der Waals surface area (Å²) in [6, 6.07) is 22.7. The van der Waals surface area contributed by atoms with E-state index in [-0.39, 0.29) is 17.0 Å². The number of nitro benzene ring substituents is 1. The number of phenols is 1. The molecule has 0 bridgehead atoms. The molecule has 0 aliphatic carbocycles. The largest absolute Gasteiger partial charge is 0.507 e. The van der Waals surface area contributed by atoms with Crippen molar-refractivity contribution >= 4 is 44.5 Å². The lowest BCUT2D eigenvalue weighted by Crippen LogP contribution is -2.18. The number of halogens is 1. The van der Waals surface area contributed by atoms with Gasteiger partial charge in [-0.15, -0.1) is 0 Å². The smallest absolute Gasteiger partial charge is 0.275 e. The number of carbonyl (C=O) groups is 1. The van der Waals surface area contributed by atoms with Crippen molar-refractivity contribution in [3.8, 4) is 11.5 Å². The quantitative estimate of drug-likeness (QED) is 0.188. The first-order chi connectivity index (χ1) is 16.4. The molecule has 0 atom stereocenters. The van der Waals surface area contributed by atoms with Gasteiger partial charge in [0.15, 0.2) is 0 Å². The second-order valence-corrected chi connectivity index (χ2v) is 8.13. The van der Waals surface area contributed by atoms with Crippen molar-refractivity contribution in [3.05, 3.63) is 110 Å². The van der Waals surface area contributed by atoms with E-state index < -0.39 is 10.8 Å². The molecule has 170 valence electrons. The van der Waals surface area contributed by atoms with Crippen LogP contribution < -0.4 is 10.2 Å². The monoisotopic (exact) mass is 519 g/mol. The van der Waals surface area contributed by atoms with E-state index in [0.29, 0.717) is 22.4 Å². The zero-order chi connectivity index (χ0) is 24.1. The topological polar surface area (TPSA) is 114 Å². The van der Waals surface area contributed by atoms with Crippen LogP contribution in [0.15, 0.2) is 88.4 Å². The molecule has 0 fully saturated rings. The Balaban J connectivity index is 1.41. The highest BCUT2D eigenvalue weighted by Crippen LogP contribution is 2.28. The summed E-state index contributed by atoms with van der Waals surface area (Å²) in [5.74, 6) is -0.504. The van der Waals surface area contributed by atoms with Crippen LogP contribution in [0.1, 0.15) is 21.5 Å². The normalized spacial score (nSPS) is 11.0. The number of carbonyl (C=O) groups excluding carboxylic acids is 1. The number of phenolic OH excluding ortho intramolecular Hbond substituents is 1. The van der Waals surface area contributed by atoms with E-state index in [4.69, 9.17) is 4.74 Å². The summed E-state index contributed by atoms with van der Waals surface area (Å²) >= 11 is 3.49. The second kappa shape index (κ2) is 10.1. The number of hydrogen-bond acceptors (Lipinski definition) is 6. The molecule has 0 spiro atoms. The fourth-order valence-corrected chi connectivity index (χ4v) is 3.84. The molecule has 0 aliphatic heterocycles. The van der Waals surface area contributed by atoms with Crippen molar-refractivity contribution in [2.75, 3.05) is 0 Å². The number of hydrazone groups is 1. The standard InChI is InChI=1S/C25H18BrN3O5/c26-22-12-16(14-27-28-25(31)21-13-19(29(32)33)9-10-23(21)30)8-11-24(22)34-15-18-6-3-5-17-4-1-2-7-20(17)18/h1-14,30H,15H2,(H,28,31)/b27-14-. The Morgan fingerprint density at radius 2 is 1.88 bits per heavy atom. The highest BCUT2D eigenvalue weighted by atomic mass is 79.9. The minimum atomic E-state index is -0.772. The zero-order valence-corrected chi connectivity index (χ0v) is 19.2.